The molecular weight excluding hydrogens is 677 g/mol. The lowest BCUT2D eigenvalue weighted by molar-refractivity contribution is 0.660. The molecule has 9 aromatic rings. The molecule has 2 heteroatoms. The summed E-state index contributed by atoms with van der Waals surface area (Å²) in [6.45, 7) is 9.39. The largest absolute Gasteiger partial charge is 0.228 e. The summed E-state index contributed by atoms with van der Waals surface area (Å²) >= 11 is 0. The molecule has 0 bridgehead atoms. The van der Waals surface area contributed by atoms with E-state index in [9.17, 15) is 0 Å². The van der Waals surface area contributed by atoms with Gasteiger partial charge in [0.25, 0.3) is 0 Å². The number of hydrogen-bond acceptors (Lipinski definition) is 2. The van der Waals surface area contributed by atoms with E-state index in [0.29, 0.717) is 0 Å². The lowest BCUT2D eigenvalue weighted by Gasteiger charge is -2.22. The molecular formula is C54H40N2. The van der Waals surface area contributed by atoms with Gasteiger partial charge >= 0.3 is 0 Å². The second-order valence-electron chi connectivity index (χ2n) is 16.6. The highest BCUT2D eigenvalue weighted by molar-refractivity contribution is 6.05. The van der Waals surface area contributed by atoms with Gasteiger partial charge in [-0.15, -0.1) is 0 Å². The van der Waals surface area contributed by atoms with Crippen LogP contribution in [0.25, 0.3) is 88.8 Å². The third-order valence-corrected chi connectivity index (χ3v) is 12.7. The smallest absolute Gasteiger partial charge is 0.161 e. The SMILES string of the molecule is CC1(C)c2ccccc2-c2cc(-c3cc(-c4ccccc4)nc(-c4ccc(-c5ccc6c(c5)C(C)(C)c5cc7ccccc7cc5-6)c5ccccc45)n3)ccc21. The van der Waals surface area contributed by atoms with E-state index in [0.717, 1.165) is 39.3 Å². The predicted octanol–water partition coefficient (Wildman–Crippen LogP) is 14.1. The Kier molecular flexibility index (Phi) is 6.98. The minimum atomic E-state index is -0.113. The van der Waals surface area contributed by atoms with E-state index >= 15 is 0 Å². The maximum atomic E-state index is 5.37. The Morgan fingerprint density at radius 1 is 0.321 bits per heavy atom. The monoisotopic (exact) mass is 716 g/mol. The Bertz CT molecular complexity index is 3080. The predicted molar refractivity (Wildman–Crippen MR) is 234 cm³/mol. The lowest BCUT2D eigenvalue weighted by Crippen LogP contribution is -2.15. The zero-order valence-corrected chi connectivity index (χ0v) is 32.1. The lowest BCUT2D eigenvalue weighted by atomic mass is 9.81. The van der Waals surface area contributed by atoms with Gasteiger partial charge in [0.2, 0.25) is 0 Å². The number of benzene rings is 8. The van der Waals surface area contributed by atoms with Crippen molar-refractivity contribution in [3.8, 4) is 67.3 Å². The molecule has 1 heterocycles. The fourth-order valence-corrected chi connectivity index (χ4v) is 9.69. The third kappa shape index (κ3) is 4.82. The van der Waals surface area contributed by atoms with Crippen LogP contribution < -0.4 is 0 Å². The summed E-state index contributed by atoms with van der Waals surface area (Å²) < 4.78 is 0. The van der Waals surface area contributed by atoms with Crippen LogP contribution in [-0.4, -0.2) is 9.97 Å². The summed E-state index contributed by atoms with van der Waals surface area (Å²) in [5, 5.41) is 4.91. The maximum absolute atomic E-state index is 5.37. The highest BCUT2D eigenvalue weighted by Gasteiger charge is 2.37. The summed E-state index contributed by atoms with van der Waals surface area (Å²) in [4.78, 5) is 10.7. The zero-order chi connectivity index (χ0) is 37.8. The van der Waals surface area contributed by atoms with Crippen LogP contribution in [-0.2, 0) is 10.8 Å². The first-order valence-corrected chi connectivity index (χ1v) is 19.7. The molecule has 0 saturated heterocycles. The van der Waals surface area contributed by atoms with Gasteiger partial charge in [-0.05, 0) is 114 Å². The molecule has 0 spiro atoms. The van der Waals surface area contributed by atoms with E-state index in [2.05, 4.69) is 198 Å². The molecule has 56 heavy (non-hydrogen) atoms. The Morgan fingerprint density at radius 3 is 1.66 bits per heavy atom. The van der Waals surface area contributed by atoms with E-state index in [4.69, 9.17) is 9.97 Å². The first-order valence-electron chi connectivity index (χ1n) is 19.7. The number of aromatic nitrogens is 2. The summed E-state index contributed by atoms with van der Waals surface area (Å²) in [6, 6.07) is 62.1. The topological polar surface area (TPSA) is 25.8 Å². The van der Waals surface area contributed by atoms with Gasteiger partial charge in [0.15, 0.2) is 5.82 Å². The van der Waals surface area contributed by atoms with Crippen LogP contribution in [0.1, 0.15) is 49.9 Å². The number of nitrogens with zero attached hydrogens (tertiary/aromatic N) is 2. The minimum Gasteiger partial charge on any atom is -0.228 e. The van der Waals surface area contributed by atoms with Crippen molar-refractivity contribution in [1.29, 1.82) is 0 Å². The Labute approximate surface area is 328 Å². The number of rotatable bonds is 4. The van der Waals surface area contributed by atoms with Gasteiger partial charge in [-0.25, -0.2) is 9.97 Å². The van der Waals surface area contributed by atoms with Crippen molar-refractivity contribution in [2.24, 2.45) is 0 Å². The number of fused-ring (bicyclic) bond motifs is 8. The van der Waals surface area contributed by atoms with Crippen molar-refractivity contribution in [1.82, 2.24) is 9.97 Å². The normalized spacial score (nSPS) is 14.4. The first kappa shape index (κ1) is 32.8. The van der Waals surface area contributed by atoms with Gasteiger partial charge < -0.3 is 0 Å². The average molecular weight is 717 g/mol. The average Bonchev–Trinajstić information content (AvgIpc) is 3.60. The molecule has 2 nitrogen and oxygen atoms in total. The minimum absolute atomic E-state index is 0.0512. The highest BCUT2D eigenvalue weighted by Crippen LogP contribution is 2.52. The molecule has 0 aliphatic heterocycles. The van der Waals surface area contributed by atoms with Gasteiger partial charge in [-0.2, -0.15) is 0 Å². The Morgan fingerprint density at radius 2 is 0.857 bits per heavy atom. The van der Waals surface area contributed by atoms with E-state index < -0.39 is 0 Å². The zero-order valence-electron chi connectivity index (χ0n) is 32.1. The fraction of sp³-hybridized carbons (Fsp3) is 0.111. The maximum Gasteiger partial charge on any atom is 0.161 e. The Hall–Kier alpha value is -6.64. The Balaban J connectivity index is 1.06. The second-order valence-corrected chi connectivity index (χ2v) is 16.6. The molecule has 2 aliphatic rings. The number of hydrogen-bond donors (Lipinski definition) is 0. The molecule has 266 valence electrons. The highest BCUT2D eigenvalue weighted by atomic mass is 14.9. The standard InChI is InChI=1S/C54H40N2/c1-53(2)46-21-13-12-20-41(46)44-29-37(23-27-47(44)53)51-32-50(33-14-6-5-7-15-33)55-52(56-51)43-26-25-38(39-18-10-11-19-40(39)43)36-22-24-42-45-28-34-16-8-9-17-35(34)30-49(45)54(3,4)48(42)31-36/h5-32H,1-4H3. The van der Waals surface area contributed by atoms with Gasteiger partial charge in [0.05, 0.1) is 11.4 Å². The van der Waals surface area contributed by atoms with Crippen molar-refractivity contribution >= 4 is 21.5 Å². The third-order valence-electron chi connectivity index (χ3n) is 12.7. The van der Waals surface area contributed by atoms with Crippen LogP contribution in [0, 0.1) is 0 Å². The molecule has 1 aromatic heterocycles. The fourth-order valence-electron chi connectivity index (χ4n) is 9.69. The molecule has 0 saturated carbocycles. The molecule has 0 atom stereocenters. The van der Waals surface area contributed by atoms with Crippen LogP contribution in [0.4, 0.5) is 0 Å². The van der Waals surface area contributed by atoms with Crippen LogP contribution in [0.2, 0.25) is 0 Å². The van der Waals surface area contributed by atoms with Crippen LogP contribution in [0.3, 0.4) is 0 Å². The second kappa shape index (κ2) is 11.9. The molecule has 0 N–H and O–H groups in total. The first-order chi connectivity index (χ1) is 27.3. The molecule has 2 aliphatic carbocycles. The van der Waals surface area contributed by atoms with Crippen LogP contribution >= 0.6 is 0 Å². The van der Waals surface area contributed by atoms with E-state index in [1.807, 2.05) is 0 Å². The molecule has 0 amide bonds. The van der Waals surface area contributed by atoms with Crippen molar-refractivity contribution in [3.05, 3.63) is 192 Å². The summed E-state index contributed by atoms with van der Waals surface area (Å²) in [7, 11) is 0. The molecule has 0 fully saturated rings. The van der Waals surface area contributed by atoms with E-state index in [1.165, 1.54) is 71.8 Å². The van der Waals surface area contributed by atoms with Gasteiger partial charge in [-0.3, -0.25) is 0 Å². The van der Waals surface area contributed by atoms with Gasteiger partial charge in [0, 0.05) is 27.5 Å². The van der Waals surface area contributed by atoms with Crippen molar-refractivity contribution in [2.45, 2.75) is 38.5 Å². The quantitative estimate of drug-likeness (QED) is 0.181. The molecule has 0 radical (unpaired) electrons. The summed E-state index contributed by atoms with van der Waals surface area (Å²) in [5.74, 6) is 0.725. The van der Waals surface area contributed by atoms with Crippen LogP contribution in [0.15, 0.2) is 170 Å². The molecule has 0 unspecified atom stereocenters. The van der Waals surface area contributed by atoms with Crippen LogP contribution in [0.5, 0.6) is 0 Å². The van der Waals surface area contributed by atoms with Crippen molar-refractivity contribution < 1.29 is 0 Å². The van der Waals surface area contributed by atoms with Crippen molar-refractivity contribution in [3.63, 3.8) is 0 Å². The van der Waals surface area contributed by atoms with E-state index in [1.54, 1.807) is 0 Å². The molecule has 11 rings (SSSR count). The summed E-state index contributed by atoms with van der Waals surface area (Å²) in [6.07, 6.45) is 0. The van der Waals surface area contributed by atoms with Gasteiger partial charge in [0.1, 0.15) is 0 Å². The van der Waals surface area contributed by atoms with Gasteiger partial charge in [-0.1, -0.05) is 161 Å². The summed E-state index contributed by atoms with van der Waals surface area (Å²) in [5.41, 5.74) is 18.0. The molecule has 8 aromatic carbocycles. The van der Waals surface area contributed by atoms with E-state index in [-0.39, 0.29) is 10.8 Å². The van der Waals surface area contributed by atoms with Crippen molar-refractivity contribution in [2.75, 3.05) is 0 Å².